The number of anilines is 2. The van der Waals surface area contributed by atoms with Crippen LogP contribution in [0.2, 0.25) is 5.02 Å². The Morgan fingerprint density at radius 1 is 1.27 bits per heavy atom. The van der Waals surface area contributed by atoms with Crippen molar-refractivity contribution in [2.75, 3.05) is 10.6 Å². The Hall–Kier alpha value is -1.92. The van der Waals surface area contributed by atoms with Crippen molar-refractivity contribution in [1.29, 1.82) is 0 Å². The van der Waals surface area contributed by atoms with Gasteiger partial charge >= 0.3 is 0 Å². The maximum absolute atomic E-state index is 12.0. The monoisotopic (exact) mass is 381 g/mol. The van der Waals surface area contributed by atoms with Crippen molar-refractivity contribution in [3.8, 4) is 0 Å². The van der Waals surface area contributed by atoms with Gasteiger partial charge in [-0.05, 0) is 39.7 Å². The van der Waals surface area contributed by atoms with E-state index in [-0.39, 0.29) is 18.2 Å². The van der Waals surface area contributed by atoms with E-state index >= 15 is 0 Å². The number of benzene rings is 1. The first-order chi connectivity index (χ1) is 10.4. The zero-order valence-corrected chi connectivity index (χ0v) is 14.0. The molecule has 2 rings (SSSR count). The minimum absolute atomic E-state index is 0.156. The largest absolute Gasteiger partial charge is 0.326 e. The number of pyridine rings is 1. The summed E-state index contributed by atoms with van der Waals surface area (Å²) in [6.07, 6.45) is 1.63. The molecule has 2 amide bonds. The first-order valence-corrected chi connectivity index (χ1v) is 7.58. The summed E-state index contributed by atoms with van der Waals surface area (Å²) in [5, 5.41) is 5.84. The normalized spacial score (nSPS) is 10.1. The summed E-state index contributed by atoms with van der Waals surface area (Å²) in [6.45, 7) is 1.43. The van der Waals surface area contributed by atoms with Crippen molar-refractivity contribution in [2.45, 2.75) is 13.3 Å². The van der Waals surface area contributed by atoms with Crippen molar-refractivity contribution in [2.24, 2.45) is 0 Å². The molecule has 114 valence electrons. The van der Waals surface area contributed by atoms with Crippen molar-refractivity contribution >= 4 is 50.9 Å². The van der Waals surface area contributed by atoms with E-state index in [2.05, 4.69) is 31.5 Å². The third kappa shape index (κ3) is 4.82. The molecule has 0 radical (unpaired) electrons. The number of nitrogens with zero attached hydrogens (tertiary/aromatic N) is 1. The van der Waals surface area contributed by atoms with Crippen LogP contribution in [-0.2, 0) is 16.0 Å². The number of hydrogen-bond donors (Lipinski definition) is 2. The van der Waals surface area contributed by atoms with Gasteiger partial charge in [0.2, 0.25) is 11.8 Å². The second-order valence-electron chi connectivity index (χ2n) is 4.59. The smallest absolute Gasteiger partial charge is 0.229 e. The van der Waals surface area contributed by atoms with Gasteiger partial charge in [0.05, 0.1) is 11.4 Å². The van der Waals surface area contributed by atoms with Crippen molar-refractivity contribution < 1.29 is 9.59 Å². The summed E-state index contributed by atoms with van der Waals surface area (Å²) in [5.41, 5.74) is 1.45. The van der Waals surface area contributed by atoms with Crippen molar-refractivity contribution in [3.63, 3.8) is 0 Å². The zero-order chi connectivity index (χ0) is 16.1. The van der Waals surface area contributed by atoms with Gasteiger partial charge in [0.25, 0.3) is 0 Å². The summed E-state index contributed by atoms with van der Waals surface area (Å²) in [6, 6.07) is 8.75. The van der Waals surface area contributed by atoms with E-state index in [1.54, 1.807) is 24.3 Å². The van der Waals surface area contributed by atoms with Crippen LogP contribution in [0, 0.1) is 0 Å². The van der Waals surface area contributed by atoms with Crippen molar-refractivity contribution in [3.05, 3.63) is 51.6 Å². The number of rotatable bonds is 4. The van der Waals surface area contributed by atoms with Crippen molar-refractivity contribution in [1.82, 2.24) is 4.98 Å². The molecule has 1 aromatic carbocycles. The first kappa shape index (κ1) is 16.5. The summed E-state index contributed by atoms with van der Waals surface area (Å²) >= 11 is 9.12. The Labute approximate surface area is 141 Å². The number of aromatic nitrogens is 1. The van der Waals surface area contributed by atoms with Crippen LogP contribution in [0.5, 0.6) is 0 Å². The Balaban J connectivity index is 2.02. The number of halogens is 2. The van der Waals surface area contributed by atoms with Crippen LogP contribution in [0.1, 0.15) is 12.5 Å². The fraction of sp³-hybridized carbons (Fsp3) is 0.133. The molecule has 1 heterocycles. The molecule has 0 aliphatic carbocycles. The lowest BCUT2D eigenvalue weighted by Gasteiger charge is -2.07. The molecule has 0 fully saturated rings. The number of nitrogens with one attached hydrogen (secondary N) is 2. The van der Waals surface area contributed by atoms with Crippen LogP contribution in [0.15, 0.2) is 41.0 Å². The maximum atomic E-state index is 12.0. The molecule has 2 aromatic rings. The third-order valence-electron chi connectivity index (χ3n) is 2.69. The highest BCUT2D eigenvalue weighted by molar-refractivity contribution is 9.10. The van der Waals surface area contributed by atoms with Gasteiger partial charge in [-0.15, -0.1) is 0 Å². The van der Waals surface area contributed by atoms with Crippen LogP contribution in [0.25, 0.3) is 0 Å². The van der Waals surface area contributed by atoms with E-state index in [1.165, 1.54) is 13.1 Å². The predicted octanol–water partition coefficient (Wildman–Crippen LogP) is 3.64. The van der Waals surface area contributed by atoms with E-state index in [4.69, 9.17) is 11.6 Å². The Kier molecular flexibility index (Phi) is 5.51. The van der Waals surface area contributed by atoms with Crippen LogP contribution in [0.3, 0.4) is 0 Å². The summed E-state index contributed by atoms with van der Waals surface area (Å²) in [4.78, 5) is 27.1. The standard InChI is InChI=1S/C15H13BrClN3O2/c1-9(21)19-11-4-2-3-10(5-11)6-15(22)20-14-7-12(16)13(17)8-18-14/h2-5,7-8H,6H2,1H3,(H,19,21)(H,18,20,22). The molecule has 0 unspecified atom stereocenters. The molecule has 1 aromatic heterocycles. The highest BCUT2D eigenvalue weighted by Crippen LogP contribution is 2.23. The van der Waals surface area contributed by atoms with Crippen LogP contribution < -0.4 is 10.6 Å². The summed E-state index contributed by atoms with van der Waals surface area (Å²) < 4.78 is 0.659. The molecule has 22 heavy (non-hydrogen) atoms. The molecule has 0 bridgehead atoms. The Bertz CT molecular complexity index is 722. The Morgan fingerprint density at radius 3 is 2.73 bits per heavy atom. The molecular weight excluding hydrogens is 370 g/mol. The summed E-state index contributed by atoms with van der Waals surface area (Å²) in [5.74, 6) is 0.0535. The lowest BCUT2D eigenvalue weighted by Crippen LogP contribution is -2.15. The van der Waals surface area contributed by atoms with E-state index in [1.807, 2.05) is 6.07 Å². The van der Waals surface area contributed by atoms with Gasteiger partial charge < -0.3 is 10.6 Å². The topological polar surface area (TPSA) is 71.1 Å². The molecule has 7 heteroatoms. The SMILES string of the molecule is CC(=O)Nc1cccc(CC(=O)Nc2cc(Br)c(Cl)cn2)c1. The molecule has 2 N–H and O–H groups in total. The summed E-state index contributed by atoms with van der Waals surface area (Å²) in [7, 11) is 0. The van der Waals surface area contributed by atoms with Crippen LogP contribution in [0.4, 0.5) is 11.5 Å². The van der Waals surface area contributed by atoms with Crippen LogP contribution in [-0.4, -0.2) is 16.8 Å². The number of carbonyl (C=O) groups is 2. The zero-order valence-electron chi connectivity index (χ0n) is 11.7. The van der Waals surface area contributed by atoms with Gasteiger partial charge in [-0.1, -0.05) is 23.7 Å². The van der Waals surface area contributed by atoms with Gasteiger partial charge in [0, 0.05) is 23.3 Å². The Morgan fingerprint density at radius 2 is 2.05 bits per heavy atom. The van der Waals surface area contributed by atoms with E-state index in [0.717, 1.165) is 5.56 Å². The molecule has 0 saturated heterocycles. The average molecular weight is 383 g/mol. The van der Waals surface area contributed by atoms with E-state index < -0.39 is 0 Å². The predicted molar refractivity (Wildman–Crippen MR) is 90.0 cm³/mol. The van der Waals surface area contributed by atoms with Gasteiger partial charge in [0.1, 0.15) is 5.82 Å². The van der Waals surface area contributed by atoms with Gasteiger partial charge in [-0.3, -0.25) is 9.59 Å². The fourth-order valence-corrected chi connectivity index (χ4v) is 2.24. The van der Waals surface area contributed by atoms with E-state index in [9.17, 15) is 9.59 Å². The maximum Gasteiger partial charge on any atom is 0.229 e. The molecule has 0 atom stereocenters. The minimum atomic E-state index is -0.207. The third-order valence-corrected chi connectivity index (χ3v) is 3.87. The second-order valence-corrected chi connectivity index (χ2v) is 5.85. The quantitative estimate of drug-likeness (QED) is 0.848. The second kappa shape index (κ2) is 7.38. The fourth-order valence-electron chi connectivity index (χ4n) is 1.82. The number of amides is 2. The number of carbonyl (C=O) groups excluding carboxylic acids is 2. The van der Waals surface area contributed by atoms with Gasteiger partial charge in [0.15, 0.2) is 0 Å². The first-order valence-electron chi connectivity index (χ1n) is 6.41. The average Bonchev–Trinajstić information content (AvgIpc) is 2.42. The molecule has 0 saturated carbocycles. The lowest BCUT2D eigenvalue weighted by atomic mass is 10.1. The highest BCUT2D eigenvalue weighted by atomic mass is 79.9. The number of hydrogen-bond acceptors (Lipinski definition) is 3. The molecule has 0 aliphatic rings. The molecule has 5 nitrogen and oxygen atoms in total. The van der Waals surface area contributed by atoms with Gasteiger partial charge in [-0.25, -0.2) is 4.98 Å². The molecular formula is C15H13BrClN3O2. The minimum Gasteiger partial charge on any atom is -0.326 e. The van der Waals surface area contributed by atoms with Gasteiger partial charge in [-0.2, -0.15) is 0 Å². The van der Waals surface area contributed by atoms with E-state index in [0.29, 0.717) is 21.0 Å². The van der Waals surface area contributed by atoms with Crippen LogP contribution >= 0.6 is 27.5 Å². The highest BCUT2D eigenvalue weighted by Gasteiger charge is 2.07. The molecule has 0 aliphatic heterocycles. The molecule has 0 spiro atoms. The lowest BCUT2D eigenvalue weighted by molar-refractivity contribution is -0.116.